The molecule has 0 amide bonds. The van der Waals surface area contributed by atoms with Gasteiger partial charge < -0.3 is 14.7 Å². The van der Waals surface area contributed by atoms with Crippen molar-refractivity contribution >= 4 is 17.5 Å². The zero-order valence-corrected chi connectivity index (χ0v) is 17.2. The number of benzene rings is 1. The molecule has 1 aliphatic rings. The minimum Gasteiger partial charge on any atom is -0.368 e. The lowest BCUT2D eigenvalue weighted by molar-refractivity contribution is 0.638. The molecule has 0 N–H and O–H groups in total. The van der Waals surface area contributed by atoms with E-state index in [0.29, 0.717) is 0 Å². The van der Waals surface area contributed by atoms with Crippen LogP contribution in [0.3, 0.4) is 0 Å². The molecule has 2 aromatic heterocycles. The number of pyridine rings is 1. The largest absolute Gasteiger partial charge is 0.368 e. The van der Waals surface area contributed by atoms with Crippen LogP contribution in [-0.2, 0) is 6.42 Å². The molecule has 0 aliphatic carbocycles. The summed E-state index contributed by atoms with van der Waals surface area (Å²) in [4.78, 5) is 20.6. The first kappa shape index (κ1) is 19.2. The average Bonchev–Trinajstić information content (AvgIpc) is 2.78. The normalized spacial score (nSPS) is 14.1. The molecule has 1 fully saturated rings. The molecule has 0 saturated carbocycles. The van der Waals surface area contributed by atoms with Gasteiger partial charge in [-0.3, -0.25) is 4.98 Å². The van der Waals surface area contributed by atoms with E-state index >= 15 is 0 Å². The first-order valence-electron chi connectivity index (χ1n) is 10.2. The summed E-state index contributed by atoms with van der Waals surface area (Å²) in [6, 6.07) is 16.8. The van der Waals surface area contributed by atoms with Crippen LogP contribution in [-0.4, -0.2) is 54.7 Å². The molecule has 0 radical (unpaired) electrons. The molecule has 0 unspecified atom stereocenters. The minimum absolute atomic E-state index is 0.837. The number of aromatic nitrogens is 3. The molecule has 0 bridgehead atoms. The first-order chi connectivity index (χ1) is 14.2. The Morgan fingerprint density at radius 3 is 2.31 bits per heavy atom. The Bertz CT molecular complexity index is 907. The van der Waals surface area contributed by atoms with E-state index in [4.69, 9.17) is 9.97 Å². The summed E-state index contributed by atoms with van der Waals surface area (Å²) in [5.74, 6) is 1.82. The fourth-order valence-corrected chi connectivity index (χ4v) is 3.64. The molecule has 1 aliphatic heterocycles. The van der Waals surface area contributed by atoms with Gasteiger partial charge in [0.2, 0.25) is 5.95 Å². The summed E-state index contributed by atoms with van der Waals surface area (Å²) in [5.41, 5.74) is 3.58. The van der Waals surface area contributed by atoms with E-state index in [1.54, 1.807) is 0 Å². The van der Waals surface area contributed by atoms with Crippen molar-refractivity contribution in [1.82, 2.24) is 15.0 Å². The van der Waals surface area contributed by atoms with Gasteiger partial charge in [-0.05, 0) is 43.2 Å². The molecule has 6 nitrogen and oxygen atoms in total. The van der Waals surface area contributed by atoms with Gasteiger partial charge >= 0.3 is 0 Å². The standard InChI is InChI=1S/C23H28N6/c1-19-18-22(27(2)13-10-20-8-11-24-12-9-20)26-23(25-19)29-16-14-28(15-17-29)21-6-4-3-5-7-21/h3-9,11-12,18H,10,13-17H2,1-2H3. The van der Waals surface area contributed by atoms with Crippen LogP contribution < -0.4 is 14.7 Å². The predicted octanol–water partition coefficient (Wildman–Crippen LogP) is 3.19. The highest BCUT2D eigenvalue weighted by atomic mass is 15.3. The van der Waals surface area contributed by atoms with Crippen molar-refractivity contribution in [2.75, 3.05) is 54.5 Å². The number of aryl methyl sites for hydroxylation is 1. The third kappa shape index (κ3) is 4.83. The van der Waals surface area contributed by atoms with E-state index in [1.165, 1.54) is 11.3 Å². The monoisotopic (exact) mass is 388 g/mol. The minimum atomic E-state index is 0.837. The van der Waals surface area contributed by atoms with E-state index in [0.717, 1.165) is 56.6 Å². The molecular weight excluding hydrogens is 360 g/mol. The second-order valence-corrected chi connectivity index (χ2v) is 7.50. The van der Waals surface area contributed by atoms with Crippen molar-refractivity contribution in [3.63, 3.8) is 0 Å². The summed E-state index contributed by atoms with van der Waals surface area (Å²) in [7, 11) is 2.10. The number of nitrogens with zero attached hydrogens (tertiary/aromatic N) is 6. The molecule has 6 heteroatoms. The van der Waals surface area contributed by atoms with Crippen LogP contribution in [0.25, 0.3) is 0 Å². The Kier molecular flexibility index (Phi) is 5.89. The molecule has 150 valence electrons. The number of piperazine rings is 1. The SMILES string of the molecule is Cc1cc(N(C)CCc2ccncc2)nc(N2CCN(c3ccccc3)CC2)n1. The highest BCUT2D eigenvalue weighted by Crippen LogP contribution is 2.21. The molecule has 1 saturated heterocycles. The molecule has 29 heavy (non-hydrogen) atoms. The van der Waals surface area contributed by atoms with Crippen LogP contribution in [0, 0.1) is 6.92 Å². The Hall–Kier alpha value is -3.15. The van der Waals surface area contributed by atoms with Gasteiger partial charge in [-0.2, -0.15) is 4.98 Å². The Labute approximate surface area is 172 Å². The third-order valence-corrected chi connectivity index (χ3v) is 5.39. The fraction of sp³-hybridized carbons (Fsp3) is 0.348. The third-order valence-electron chi connectivity index (χ3n) is 5.39. The van der Waals surface area contributed by atoms with Crippen LogP contribution in [0.4, 0.5) is 17.5 Å². The zero-order valence-electron chi connectivity index (χ0n) is 17.2. The van der Waals surface area contributed by atoms with Gasteiger partial charge in [-0.1, -0.05) is 18.2 Å². The first-order valence-corrected chi connectivity index (χ1v) is 10.2. The van der Waals surface area contributed by atoms with Gasteiger partial charge in [-0.15, -0.1) is 0 Å². The van der Waals surface area contributed by atoms with E-state index in [2.05, 4.69) is 75.3 Å². The molecule has 1 aromatic carbocycles. The number of hydrogen-bond acceptors (Lipinski definition) is 6. The van der Waals surface area contributed by atoms with Crippen molar-refractivity contribution in [3.8, 4) is 0 Å². The van der Waals surface area contributed by atoms with Gasteiger partial charge in [0.1, 0.15) is 5.82 Å². The predicted molar refractivity (Wildman–Crippen MR) is 119 cm³/mol. The van der Waals surface area contributed by atoms with Crippen LogP contribution in [0.2, 0.25) is 0 Å². The number of likely N-dealkylation sites (N-methyl/N-ethyl adjacent to an activating group) is 1. The van der Waals surface area contributed by atoms with Crippen molar-refractivity contribution in [3.05, 3.63) is 72.2 Å². The Morgan fingerprint density at radius 1 is 0.897 bits per heavy atom. The lowest BCUT2D eigenvalue weighted by Gasteiger charge is -2.36. The van der Waals surface area contributed by atoms with Crippen molar-refractivity contribution < 1.29 is 0 Å². The van der Waals surface area contributed by atoms with Crippen LogP contribution in [0.1, 0.15) is 11.3 Å². The number of anilines is 3. The van der Waals surface area contributed by atoms with Crippen molar-refractivity contribution in [1.29, 1.82) is 0 Å². The summed E-state index contributed by atoms with van der Waals surface area (Å²) >= 11 is 0. The molecule has 0 atom stereocenters. The number of hydrogen-bond donors (Lipinski definition) is 0. The Balaban J connectivity index is 1.40. The Morgan fingerprint density at radius 2 is 1.59 bits per heavy atom. The van der Waals surface area contributed by atoms with E-state index < -0.39 is 0 Å². The van der Waals surface area contributed by atoms with Crippen molar-refractivity contribution in [2.24, 2.45) is 0 Å². The van der Waals surface area contributed by atoms with Crippen molar-refractivity contribution in [2.45, 2.75) is 13.3 Å². The maximum Gasteiger partial charge on any atom is 0.227 e. The number of para-hydroxylation sites is 1. The van der Waals surface area contributed by atoms with Crippen LogP contribution in [0.15, 0.2) is 60.9 Å². The summed E-state index contributed by atoms with van der Waals surface area (Å²) in [6.07, 6.45) is 4.65. The highest BCUT2D eigenvalue weighted by molar-refractivity contribution is 5.50. The van der Waals surface area contributed by atoms with Crippen LogP contribution >= 0.6 is 0 Å². The molecular formula is C23H28N6. The van der Waals surface area contributed by atoms with E-state index in [1.807, 2.05) is 19.3 Å². The summed E-state index contributed by atoms with van der Waals surface area (Å²) < 4.78 is 0. The quantitative estimate of drug-likeness (QED) is 0.646. The lowest BCUT2D eigenvalue weighted by atomic mass is 10.2. The highest BCUT2D eigenvalue weighted by Gasteiger charge is 2.20. The number of rotatable bonds is 6. The lowest BCUT2D eigenvalue weighted by Crippen LogP contribution is -2.47. The second kappa shape index (κ2) is 8.90. The molecule has 3 aromatic rings. The van der Waals surface area contributed by atoms with Gasteiger partial charge in [0, 0.05) is 69.6 Å². The summed E-state index contributed by atoms with van der Waals surface area (Å²) in [5, 5.41) is 0. The van der Waals surface area contributed by atoms with Gasteiger partial charge in [0.15, 0.2) is 0 Å². The molecule has 4 rings (SSSR count). The maximum atomic E-state index is 4.88. The van der Waals surface area contributed by atoms with Gasteiger partial charge in [-0.25, -0.2) is 4.98 Å². The van der Waals surface area contributed by atoms with Gasteiger partial charge in [0.25, 0.3) is 0 Å². The van der Waals surface area contributed by atoms with Gasteiger partial charge in [0.05, 0.1) is 0 Å². The fourth-order valence-electron chi connectivity index (χ4n) is 3.64. The smallest absolute Gasteiger partial charge is 0.227 e. The molecule has 3 heterocycles. The maximum absolute atomic E-state index is 4.88. The van der Waals surface area contributed by atoms with E-state index in [9.17, 15) is 0 Å². The van der Waals surface area contributed by atoms with E-state index in [-0.39, 0.29) is 0 Å². The van der Waals surface area contributed by atoms with Crippen LogP contribution in [0.5, 0.6) is 0 Å². The second-order valence-electron chi connectivity index (χ2n) is 7.50. The average molecular weight is 389 g/mol. The topological polar surface area (TPSA) is 48.4 Å². The summed E-state index contributed by atoms with van der Waals surface area (Å²) in [6.45, 7) is 6.77. The molecule has 0 spiro atoms. The zero-order chi connectivity index (χ0) is 20.1.